The van der Waals surface area contributed by atoms with Crippen molar-refractivity contribution in [3.8, 4) is 0 Å². The number of piperidine rings is 1. The van der Waals surface area contributed by atoms with E-state index in [2.05, 4.69) is 10.6 Å². The Morgan fingerprint density at radius 1 is 1.38 bits per heavy atom. The highest BCUT2D eigenvalue weighted by molar-refractivity contribution is 5.82. The monoisotopic (exact) mass is 338 g/mol. The topological polar surface area (TPSA) is 50.4 Å². The normalized spacial score (nSPS) is 25.3. The molecule has 24 heavy (non-hydrogen) atoms. The Bertz CT molecular complexity index is 597. The van der Waals surface area contributed by atoms with Crippen molar-refractivity contribution >= 4 is 5.91 Å². The summed E-state index contributed by atoms with van der Waals surface area (Å²) >= 11 is 0. The molecule has 132 valence electrons. The van der Waals surface area contributed by atoms with Gasteiger partial charge in [0.2, 0.25) is 5.91 Å². The van der Waals surface area contributed by atoms with E-state index < -0.39 is 11.6 Å². The lowest BCUT2D eigenvalue weighted by atomic mass is 9.79. The third-order valence-electron chi connectivity index (χ3n) is 5.24. The molecule has 3 rings (SSSR count). The zero-order valence-corrected chi connectivity index (χ0v) is 13.9. The van der Waals surface area contributed by atoms with Gasteiger partial charge in [0.1, 0.15) is 11.6 Å². The number of carbonyl (C=O) groups excluding carboxylic acids is 1. The van der Waals surface area contributed by atoms with Crippen LogP contribution in [0.1, 0.15) is 30.7 Å². The van der Waals surface area contributed by atoms with Gasteiger partial charge in [-0.05, 0) is 62.0 Å². The van der Waals surface area contributed by atoms with Gasteiger partial charge >= 0.3 is 0 Å². The summed E-state index contributed by atoms with van der Waals surface area (Å²) < 4.78 is 32.5. The highest BCUT2D eigenvalue weighted by Crippen LogP contribution is 2.48. The van der Waals surface area contributed by atoms with Crippen LogP contribution in [0.2, 0.25) is 0 Å². The number of carbonyl (C=O) groups is 1. The zero-order chi connectivity index (χ0) is 17.2. The molecule has 2 atom stereocenters. The number of hydrogen-bond donors (Lipinski definition) is 2. The molecule has 1 saturated carbocycles. The number of halogens is 2. The predicted octanol–water partition coefficient (Wildman–Crippen LogP) is 2.20. The molecule has 1 aliphatic heterocycles. The standard InChI is InChI=1S/C18H24F2N2O2/c1-24-11-18(4-6-21-7-5-18)10-22-17(23)15-9-13(15)14-8-12(19)2-3-16(14)20/h2-3,8,13,15,21H,4-7,9-11H2,1H3,(H,22,23). The van der Waals surface area contributed by atoms with Crippen LogP contribution in [0.3, 0.4) is 0 Å². The van der Waals surface area contributed by atoms with Crippen molar-refractivity contribution in [1.82, 2.24) is 10.6 Å². The lowest BCUT2D eigenvalue weighted by molar-refractivity contribution is -0.123. The van der Waals surface area contributed by atoms with Gasteiger partial charge in [-0.2, -0.15) is 0 Å². The second-order valence-electron chi connectivity index (χ2n) is 7.02. The van der Waals surface area contributed by atoms with Crippen LogP contribution in [0.25, 0.3) is 0 Å². The van der Waals surface area contributed by atoms with Crippen molar-refractivity contribution in [2.24, 2.45) is 11.3 Å². The molecule has 1 amide bonds. The number of amides is 1. The number of nitrogens with one attached hydrogen (secondary N) is 2. The maximum Gasteiger partial charge on any atom is 0.223 e. The van der Waals surface area contributed by atoms with Crippen molar-refractivity contribution in [2.45, 2.75) is 25.2 Å². The number of benzene rings is 1. The maximum atomic E-state index is 13.8. The molecule has 4 nitrogen and oxygen atoms in total. The number of ether oxygens (including phenoxy) is 1. The molecular formula is C18H24F2N2O2. The molecule has 0 aromatic heterocycles. The SMILES string of the molecule is COCC1(CNC(=O)C2CC2c2cc(F)ccc2F)CCNCC1. The van der Waals surface area contributed by atoms with Gasteiger partial charge in [-0.3, -0.25) is 4.79 Å². The van der Waals surface area contributed by atoms with Crippen LogP contribution in [-0.4, -0.2) is 39.3 Å². The Morgan fingerprint density at radius 3 is 2.83 bits per heavy atom. The quantitative estimate of drug-likeness (QED) is 0.836. The van der Waals surface area contributed by atoms with Crippen LogP contribution in [0.15, 0.2) is 18.2 Å². The zero-order valence-electron chi connectivity index (χ0n) is 13.9. The number of hydrogen-bond acceptors (Lipinski definition) is 3. The fourth-order valence-electron chi connectivity index (χ4n) is 3.67. The summed E-state index contributed by atoms with van der Waals surface area (Å²) in [4.78, 5) is 12.4. The van der Waals surface area contributed by atoms with Crippen molar-refractivity contribution < 1.29 is 18.3 Å². The first-order valence-corrected chi connectivity index (χ1v) is 8.47. The molecule has 1 heterocycles. The van der Waals surface area contributed by atoms with Gasteiger partial charge in [-0.1, -0.05) is 0 Å². The third kappa shape index (κ3) is 3.75. The molecular weight excluding hydrogens is 314 g/mol. The summed E-state index contributed by atoms with van der Waals surface area (Å²) in [6, 6.07) is 3.43. The molecule has 2 unspecified atom stereocenters. The van der Waals surface area contributed by atoms with E-state index in [-0.39, 0.29) is 23.2 Å². The second kappa shape index (κ2) is 7.15. The van der Waals surface area contributed by atoms with Crippen LogP contribution in [0.5, 0.6) is 0 Å². The fourth-order valence-corrected chi connectivity index (χ4v) is 3.67. The van der Waals surface area contributed by atoms with E-state index in [1.54, 1.807) is 7.11 Å². The molecule has 0 radical (unpaired) electrons. The molecule has 1 aromatic carbocycles. The van der Waals surface area contributed by atoms with E-state index in [9.17, 15) is 13.6 Å². The molecule has 2 fully saturated rings. The van der Waals surface area contributed by atoms with Gasteiger partial charge in [-0.15, -0.1) is 0 Å². The first-order chi connectivity index (χ1) is 11.5. The van der Waals surface area contributed by atoms with Crippen molar-refractivity contribution in [3.63, 3.8) is 0 Å². The minimum absolute atomic E-state index is 0.0375. The fraction of sp³-hybridized carbons (Fsp3) is 0.611. The highest BCUT2D eigenvalue weighted by Gasteiger charge is 2.46. The smallest absolute Gasteiger partial charge is 0.223 e. The van der Waals surface area contributed by atoms with E-state index in [0.717, 1.165) is 38.1 Å². The first kappa shape index (κ1) is 17.3. The van der Waals surface area contributed by atoms with E-state index in [1.165, 1.54) is 6.07 Å². The summed E-state index contributed by atoms with van der Waals surface area (Å²) in [6.07, 6.45) is 2.48. The summed E-state index contributed by atoms with van der Waals surface area (Å²) in [6.45, 7) is 3.01. The molecule has 0 spiro atoms. The largest absolute Gasteiger partial charge is 0.384 e. The van der Waals surface area contributed by atoms with Crippen LogP contribution in [-0.2, 0) is 9.53 Å². The molecule has 6 heteroatoms. The Hall–Kier alpha value is -1.53. The van der Waals surface area contributed by atoms with Crippen molar-refractivity contribution in [2.75, 3.05) is 33.4 Å². The Morgan fingerprint density at radius 2 is 2.12 bits per heavy atom. The van der Waals surface area contributed by atoms with Gasteiger partial charge < -0.3 is 15.4 Å². The Labute approximate surface area is 141 Å². The van der Waals surface area contributed by atoms with E-state index >= 15 is 0 Å². The Kier molecular flexibility index (Phi) is 5.15. The summed E-state index contributed by atoms with van der Waals surface area (Å²) in [7, 11) is 1.68. The first-order valence-electron chi connectivity index (χ1n) is 8.47. The van der Waals surface area contributed by atoms with Gasteiger partial charge in [0.15, 0.2) is 0 Å². The average molecular weight is 338 g/mol. The van der Waals surface area contributed by atoms with E-state index in [0.29, 0.717) is 25.1 Å². The third-order valence-corrected chi connectivity index (χ3v) is 5.24. The molecule has 2 aliphatic rings. The van der Waals surface area contributed by atoms with Gasteiger partial charge in [0.25, 0.3) is 0 Å². The molecule has 0 bridgehead atoms. The van der Waals surface area contributed by atoms with Crippen LogP contribution >= 0.6 is 0 Å². The summed E-state index contributed by atoms with van der Waals surface area (Å²) in [5.41, 5.74) is 0.271. The summed E-state index contributed by atoms with van der Waals surface area (Å²) in [5, 5.41) is 6.33. The van der Waals surface area contributed by atoms with Crippen LogP contribution in [0, 0.1) is 23.0 Å². The van der Waals surface area contributed by atoms with Gasteiger partial charge in [0.05, 0.1) is 6.61 Å². The summed E-state index contributed by atoms with van der Waals surface area (Å²) in [5.74, 6) is -1.45. The van der Waals surface area contributed by atoms with E-state index in [1.807, 2.05) is 0 Å². The molecule has 1 aliphatic carbocycles. The molecule has 1 aromatic rings. The van der Waals surface area contributed by atoms with Crippen LogP contribution < -0.4 is 10.6 Å². The van der Waals surface area contributed by atoms with E-state index in [4.69, 9.17) is 4.74 Å². The predicted molar refractivity (Wildman–Crippen MR) is 86.6 cm³/mol. The lowest BCUT2D eigenvalue weighted by Crippen LogP contribution is -2.47. The van der Waals surface area contributed by atoms with Gasteiger partial charge in [-0.25, -0.2) is 8.78 Å². The highest BCUT2D eigenvalue weighted by atomic mass is 19.1. The maximum absolute atomic E-state index is 13.8. The van der Waals surface area contributed by atoms with Crippen molar-refractivity contribution in [3.05, 3.63) is 35.4 Å². The van der Waals surface area contributed by atoms with Gasteiger partial charge in [0, 0.05) is 25.0 Å². The minimum Gasteiger partial charge on any atom is -0.384 e. The lowest BCUT2D eigenvalue weighted by Gasteiger charge is -2.37. The minimum atomic E-state index is -0.466. The Balaban J connectivity index is 1.57. The van der Waals surface area contributed by atoms with Crippen LogP contribution in [0.4, 0.5) is 8.78 Å². The number of rotatable bonds is 6. The number of methoxy groups -OCH3 is 1. The molecule has 2 N–H and O–H groups in total. The van der Waals surface area contributed by atoms with Crippen molar-refractivity contribution in [1.29, 1.82) is 0 Å². The average Bonchev–Trinajstić information content (AvgIpc) is 3.37. The second-order valence-corrected chi connectivity index (χ2v) is 7.02. The molecule has 1 saturated heterocycles.